The first-order valence-electron chi connectivity index (χ1n) is 45.7. The number of nitrogens with one attached hydrogen (secondary N) is 1. The van der Waals surface area contributed by atoms with E-state index >= 15 is 0 Å². The number of nitro groups is 5. The molecule has 0 saturated carbocycles. The first-order valence-corrected chi connectivity index (χ1v) is 46.9. The third kappa shape index (κ3) is 48.4. The molecule has 0 heterocycles. The molecule has 0 fully saturated rings. The average molecular weight is 2120 g/mol. The number of nitrogens with zero attached hydrogens (tertiary/aromatic N) is 13. The fraction of sp³-hybridized carbons (Fsp3) is 0.402. The highest BCUT2D eigenvalue weighted by molar-refractivity contribution is 7.78. The van der Waals surface area contributed by atoms with Crippen LogP contribution in [0.5, 0.6) is 57.5 Å². The number of methoxy groups -OCH3 is 8. The number of rotatable bonds is 37. The fourth-order valence-electron chi connectivity index (χ4n) is 12.5. The number of aromatic hydroxyl groups is 2. The summed E-state index contributed by atoms with van der Waals surface area (Å²) in [7, 11) is 23.5. The van der Waals surface area contributed by atoms with Crippen molar-refractivity contribution in [1.29, 1.82) is 0 Å². The van der Waals surface area contributed by atoms with Gasteiger partial charge in [0.15, 0.2) is 0 Å². The number of ketones is 1. The molecule has 0 spiro atoms. The van der Waals surface area contributed by atoms with E-state index in [1.807, 2.05) is 107 Å². The number of hydrogen-bond donors (Lipinski definition) is 7. The quantitative estimate of drug-likeness (QED) is 0.00278. The van der Waals surface area contributed by atoms with Gasteiger partial charge in [-0.15, -0.1) is 0 Å². The molecule has 9 aromatic rings. The number of isothiocyanates is 2. The van der Waals surface area contributed by atoms with Gasteiger partial charge in [-0.25, -0.2) is 5.84 Å². The number of carbonyl (C=O) groups excluding carboxylic acids is 5. The Morgan fingerprint density at radius 2 is 0.696 bits per heavy atom. The molecule has 9 rings (SSSR count). The number of phenolic OH excluding ortho intramolecular Hbond substituents is 2. The lowest BCUT2D eigenvalue weighted by Gasteiger charge is -2.21. The van der Waals surface area contributed by atoms with Crippen molar-refractivity contribution in [1.82, 2.24) is 5.43 Å². The molecule has 0 unspecified atom stereocenters. The summed E-state index contributed by atoms with van der Waals surface area (Å²) in [6.45, 7) is 24.9. The molecule has 0 aliphatic carbocycles. The van der Waals surface area contributed by atoms with Gasteiger partial charge in [-0.3, -0.25) is 80.0 Å². The fourth-order valence-corrected chi connectivity index (χ4v) is 12.7. The number of Topliss-reactive ketones (excluding diaryl/α,β-unsaturated/α-hetero) is 1. The third-order valence-electron chi connectivity index (χ3n) is 20.1. The van der Waals surface area contributed by atoms with Crippen molar-refractivity contribution in [3.8, 4) is 57.5 Å². The van der Waals surface area contributed by atoms with Crippen LogP contribution >= 0.6 is 36.0 Å². The number of benzene rings is 9. The maximum absolute atomic E-state index is 11.6. The van der Waals surface area contributed by atoms with Gasteiger partial charge in [0.1, 0.15) is 63.3 Å². The van der Waals surface area contributed by atoms with Gasteiger partial charge in [0, 0.05) is 185 Å². The smallest absolute Gasteiger partial charge is 0.271 e. The zero-order valence-electron chi connectivity index (χ0n) is 88.0. The molecular weight excluding hydrogens is 1980 g/mol. The van der Waals surface area contributed by atoms with Gasteiger partial charge in [0.05, 0.1) is 149 Å². The van der Waals surface area contributed by atoms with E-state index in [1.165, 1.54) is 129 Å². The number of aliphatic imine (C=N–C) groups is 2. The van der Waals surface area contributed by atoms with E-state index in [9.17, 15) is 84.8 Å². The topological polar surface area (TPSA) is 570 Å². The largest absolute Gasteiger partial charge is 0.508 e. The number of amides is 3. The van der Waals surface area contributed by atoms with Gasteiger partial charge in [-0.2, -0.15) is 9.98 Å². The van der Waals surface area contributed by atoms with Crippen LogP contribution in [-0.2, 0) is 25.6 Å². The van der Waals surface area contributed by atoms with Crippen molar-refractivity contribution in [3.05, 3.63) is 225 Å². The van der Waals surface area contributed by atoms with Crippen LogP contribution in [0.1, 0.15) is 162 Å². The minimum atomic E-state index is -0.589. The van der Waals surface area contributed by atoms with E-state index in [0.29, 0.717) is 76.9 Å². The predicted molar refractivity (Wildman–Crippen MR) is 592 cm³/mol. The molecule has 3 amide bonds. The first-order chi connectivity index (χ1) is 69.6. The number of non-ortho nitro benzene ring substituents is 5. The van der Waals surface area contributed by atoms with Gasteiger partial charge in [-0.1, -0.05) is 76.7 Å². The second-order valence-electron chi connectivity index (χ2n) is 30.8. The summed E-state index contributed by atoms with van der Waals surface area (Å²) in [4.78, 5) is 125. The minimum Gasteiger partial charge on any atom is -0.508 e. The molecule has 0 radical (unpaired) electrons. The minimum absolute atomic E-state index is 0. The number of hydrogen-bond acceptors (Lipinski definition) is 37. The molecule has 0 saturated heterocycles. The summed E-state index contributed by atoms with van der Waals surface area (Å²) < 4.78 is 41.1. The van der Waals surface area contributed by atoms with Crippen LogP contribution in [0.3, 0.4) is 0 Å². The van der Waals surface area contributed by atoms with Crippen LogP contribution in [0.15, 0.2) is 168 Å². The van der Waals surface area contributed by atoms with Gasteiger partial charge >= 0.3 is 0 Å². The van der Waals surface area contributed by atoms with Gasteiger partial charge in [-0.05, 0) is 171 Å². The Kier molecular flexibility index (Phi) is 69.3. The lowest BCUT2D eigenvalue weighted by atomic mass is 9.98. The van der Waals surface area contributed by atoms with Crippen molar-refractivity contribution in [2.24, 2.45) is 15.8 Å². The molecule has 43 nitrogen and oxygen atoms in total. The molecule has 10 N–H and O–H groups in total. The van der Waals surface area contributed by atoms with E-state index in [-0.39, 0.29) is 100 Å². The van der Waals surface area contributed by atoms with Crippen molar-refractivity contribution in [2.45, 2.75) is 147 Å². The van der Waals surface area contributed by atoms with Gasteiger partial charge in [0.25, 0.3) is 34.3 Å². The van der Waals surface area contributed by atoms with Crippen LogP contribution < -0.4 is 90.0 Å². The number of thiocarbonyl (C=S) groups is 2. The molecule has 0 aromatic heterocycles. The molecule has 0 bridgehead atoms. The van der Waals surface area contributed by atoms with Crippen molar-refractivity contribution in [2.75, 3.05) is 173 Å². The van der Waals surface area contributed by atoms with Crippen LogP contribution in [0.25, 0.3) is 0 Å². The summed E-state index contributed by atoms with van der Waals surface area (Å²) in [5, 5.41) is 83.9. The second kappa shape index (κ2) is 75.1. The Labute approximate surface area is 881 Å². The highest BCUT2D eigenvalue weighted by Gasteiger charge is 2.23. The Morgan fingerprint density at radius 1 is 0.412 bits per heavy atom. The van der Waals surface area contributed by atoms with Crippen molar-refractivity contribution in [3.63, 3.8) is 0 Å². The highest BCUT2D eigenvalue weighted by Crippen LogP contribution is 2.39. The van der Waals surface area contributed by atoms with E-state index in [1.54, 1.807) is 83.2 Å². The Balaban J connectivity index is -0.00000158. The predicted octanol–water partition coefficient (Wildman–Crippen LogP) is 21.0. The van der Waals surface area contributed by atoms with Gasteiger partial charge < -0.3 is 94.1 Å². The Bertz CT molecular complexity index is 5550. The first kappa shape index (κ1) is 136. The zero-order chi connectivity index (χ0) is 112. The summed E-state index contributed by atoms with van der Waals surface area (Å²) in [6, 6.07) is 40.9. The van der Waals surface area contributed by atoms with Crippen molar-refractivity contribution < 1.29 is 102 Å². The van der Waals surface area contributed by atoms with Crippen LogP contribution in [0.2, 0.25) is 0 Å². The molecule has 0 aliphatic heterocycles. The number of phenols is 2. The zero-order valence-corrected chi connectivity index (χ0v) is 90.3. The number of ether oxygens (including phenoxy) is 8. The van der Waals surface area contributed by atoms with Crippen LogP contribution in [0, 0.1) is 50.6 Å². The highest BCUT2D eigenvalue weighted by atomic mass is 35.5. The van der Waals surface area contributed by atoms with E-state index < -0.39 is 30.5 Å². The maximum atomic E-state index is 11.6. The standard InChI is InChI=1S/2C12H16N2OS.2C11H14N2O4.C11H16N2O3.C11H18N2O.C11H13NO4.C10H14N2O3.C7H8N2O3.C3H5ClO.C2H6O.CH4/c2*1-4-7-14(2)11-8-10(13-9-16)5-6-12(11)15-3;2*1-4-11(14)12(2)9-7-8(13(15)16)5-6-10(9)17-3;1-4-7-12(2)10-8-9(13(14)15)5-6-11(10)16-3;1-4-7-13(2)10-8-9(12)5-6-11(10)14-3;1-3-10(13)7-8-6-9(12(14)15)4-5-11(8)16-2;1-5(2)6-3-7(10(15)12-11)9(14)4-8(6)13;1-12-7-3-2-5(9(10)11)4-6(7)8;1-2-3(4)5;1-2-3;/h2*5-6,8H,4,7H2,1-3H3;2*5-7H,4H2,1-3H3;5-6,8H,4,7H2,1-3H3;5-6,8H,4,7,12H2,1-3H3;4-6H,3,7H2,1-2H3;3-5,13-14H,11H2,1-2H3,(H,12,15);2-4H,8H2,1H3;2H2,1H3;3H,2H2,1H3;1H4. The van der Waals surface area contributed by atoms with E-state index in [2.05, 4.69) is 87.1 Å². The number of nitro benzene ring substituents is 5. The summed E-state index contributed by atoms with van der Waals surface area (Å²) in [5.41, 5.74) is 21.5. The third-order valence-corrected chi connectivity index (χ3v) is 20.5. The van der Waals surface area contributed by atoms with Crippen LogP contribution in [0.4, 0.5) is 85.3 Å². The summed E-state index contributed by atoms with van der Waals surface area (Å²) in [5.74, 6) is 8.89. The lowest BCUT2D eigenvalue weighted by molar-refractivity contribution is -0.385. The lowest BCUT2D eigenvalue weighted by Crippen LogP contribution is -2.30. The number of hydrazine groups is 1. The SMILES string of the molecule is C.CC(C)c1cc(C(=O)NN)c(O)cc1O.CCC(=O)Cc1cc([N+](=O)[O-])ccc1OC.CCC(=O)Cl.CCC(=O)N(C)c1cc([N+](=O)[O-])ccc1OC.CCC(=O)N(C)c1cc([N+](=O)[O-])ccc1OC.CCCN(C)c1cc(N)ccc1OC.CCCN(C)c1cc(N=C=S)ccc1OC.CCCN(C)c1cc(N=C=S)ccc1OC.CCCN(C)c1cc([N+](=O)[O-])ccc1OC.CCO.COc1ccc([N+](=O)[O-])cc1N. The number of aliphatic hydroxyl groups is 1. The van der Waals surface area contributed by atoms with Crippen LogP contribution in [-0.4, -0.2) is 211 Å². The normalized spacial score (nSPS) is 9.57. The molecule has 148 heavy (non-hydrogen) atoms. The van der Waals surface area contributed by atoms with E-state index in [0.717, 1.165) is 115 Å². The number of carbonyl (C=O) groups is 5. The number of nitrogen functional groups attached to an aromatic ring is 3. The second-order valence-corrected chi connectivity index (χ2v) is 31.6. The van der Waals surface area contributed by atoms with E-state index in [4.69, 9.17) is 71.9 Å². The molecular formula is C102H144ClN17O26S2. The monoisotopic (exact) mass is 2120 g/mol. The number of halogens is 1. The molecule has 0 aliphatic rings. The Hall–Kier alpha value is -15.7. The molecule has 0 atom stereocenters. The number of nitrogens with two attached hydrogens (primary N) is 3. The molecule has 46 heteroatoms. The number of anilines is 8. The molecule has 9 aromatic carbocycles. The molecule has 812 valence electrons. The number of aliphatic hydroxyl groups excluding tert-OH is 1. The summed E-state index contributed by atoms with van der Waals surface area (Å²) >= 11 is 14.0. The Morgan fingerprint density at radius 3 is 0.980 bits per heavy atom. The van der Waals surface area contributed by atoms with Crippen molar-refractivity contribution >= 4 is 160 Å². The summed E-state index contributed by atoms with van der Waals surface area (Å²) in [6.07, 6.45) is 5.90. The maximum Gasteiger partial charge on any atom is 0.271 e. The van der Waals surface area contributed by atoms with Gasteiger partial charge in [0.2, 0.25) is 17.1 Å². The average Bonchev–Trinajstić information content (AvgIpc) is 0.826.